The van der Waals surface area contributed by atoms with E-state index < -0.39 is 10.2 Å². The van der Waals surface area contributed by atoms with Gasteiger partial charge in [-0.05, 0) is 31.2 Å². The molecule has 0 aliphatic rings. The molecule has 2 aromatic rings. The summed E-state index contributed by atoms with van der Waals surface area (Å²) in [6, 6.07) is 5.28. The first-order valence-electron chi connectivity index (χ1n) is 5.80. The van der Waals surface area contributed by atoms with Gasteiger partial charge in [0, 0.05) is 13.6 Å². The topological polar surface area (TPSA) is 88.3 Å². The van der Waals surface area contributed by atoms with Crippen molar-refractivity contribution in [2.24, 2.45) is 5.73 Å². The van der Waals surface area contributed by atoms with E-state index in [4.69, 9.17) is 5.73 Å². The van der Waals surface area contributed by atoms with Crippen LogP contribution in [0, 0.1) is 0 Å². The monoisotopic (exact) mass is 300 g/mol. The van der Waals surface area contributed by atoms with Gasteiger partial charge in [0.2, 0.25) is 0 Å². The van der Waals surface area contributed by atoms with E-state index in [9.17, 15) is 8.42 Å². The summed E-state index contributed by atoms with van der Waals surface area (Å²) in [4.78, 5) is 4.15. The molecule has 104 valence electrons. The molecule has 0 saturated carbocycles. The zero-order chi connectivity index (χ0) is 13.9. The molecule has 8 heteroatoms. The van der Waals surface area contributed by atoms with Crippen LogP contribution in [0.5, 0.6) is 0 Å². The van der Waals surface area contributed by atoms with Crippen molar-refractivity contribution in [2.45, 2.75) is 6.42 Å². The minimum atomic E-state index is -3.53. The molecule has 1 heterocycles. The third kappa shape index (κ3) is 3.41. The van der Waals surface area contributed by atoms with E-state index >= 15 is 0 Å². The Morgan fingerprint density at radius 2 is 2.26 bits per heavy atom. The smallest absolute Gasteiger partial charge is 0.301 e. The maximum atomic E-state index is 12.0. The quantitative estimate of drug-likeness (QED) is 0.840. The fraction of sp³-hybridized carbons (Fsp3) is 0.364. The van der Waals surface area contributed by atoms with Gasteiger partial charge in [0.25, 0.3) is 0 Å². The van der Waals surface area contributed by atoms with E-state index in [2.05, 4.69) is 9.71 Å². The fourth-order valence-electron chi connectivity index (χ4n) is 1.58. The van der Waals surface area contributed by atoms with Crippen LogP contribution in [-0.2, 0) is 10.2 Å². The number of thiazole rings is 1. The largest absolute Gasteiger partial charge is 0.330 e. The van der Waals surface area contributed by atoms with Gasteiger partial charge in [-0.1, -0.05) is 0 Å². The molecule has 0 spiro atoms. The van der Waals surface area contributed by atoms with Crippen LogP contribution in [0.2, 0.25) is 0 Å². The van der Waals surface area contributed by atoms with Crippen LogP contribution in [0.25, 0.3) is 10.2 Å². The molecule has 0 aliphatic carbocycles. The van der Waals surface area contributed by atoms with Crippen LogP contribution in [0.4, 0.5) is 5.69 Å². The highest BCUT2D eigenvalue weighted by atomic mass is 32.2. The number of rotatable bonds is 6. The molecule has 1 aromatic carbocycles. The lowest BCUT2D eigenvalue weighted by Gasteiger charge is -2.17. The molecule has 0 bridgehead atoms. The zero-order valence-corrected chi connectivity index (χ0v) is 12.2. The van der Waals surface area contributed by atoms with Gasteiger partial charge in [-0.3, -0.25) is 4.72 Å². The number of nitrogens with two attached hydrogens (primary N) is 1. The van der Waals surface area contributed by atoms with Crippen molar-refractivity contribution < 1.29 is 8.42 Å². The highest BCUT2D eigenvalue weighted by Crippen LogP contribution is 2.22. The van der Waals surface area contributed by atoms with Crippen molar-refractivity contribution in [1.82, 2.24) is 9.29 Å². The third-order valence-electron chi connectivity index (χ3n) is 2.67. The molecule has 0 unspecified atom stereocenters. The molecular formula is C11H16N4O2S2. The Labute approximate surface area is 116 Å². The summed E-state index contributed by atoms with van der Waals surface area (Å²) in [5.74, 6) is 0. The molecule has 0 radical (unpaired) electrons. The normalized spacial score (nSPS) is 12.2. The van der Waals surface area contributed by atoms with Gasteiger partial charge in [0.1, 0.15) is 0 Å². The van der Waals surface area contributed by atoms with Crippen molar-refractivity contribution in [3.8, 4) is 0 Å². The Balaban J connectivity index is 2.14. The van der Waals surface area contributed by atoms with E-state index in [1.54, 1.807) is 23.7 Å². The van der Waals surface area contributed by atoms with Crippen molar-refractivity contribution >= 4 is 37.5 Å². The van der Waals surface area contributed by atoms with E-state index in [1.165, 1.54) is 22.7 Å². The van der Waals surface area contributed by atoms with E-state index in [-0.39, 0.29) is 0 Å². The number of hydrogen-bond acceptors (Lipinski definition) is 5. The van der Waals surface area contributed by atoms with Crippen molar-refractivity contribution in [3.05, 3.63) is 23.7 Å². The SMILES string of the molecule is CN(CCCN)S(=O)(=O)Nc1ccc2ncsc2c1. The summed E-state index contributed by atoms with van der Waals surface area (Å²) in [7, 11) is -1.99. The molecule has 3 N–H and O–H groups in total. The van der Waals surface area contributed by atoms with Crippen LogP contribution in [0.3, 0.4) is 0 Å². The lowest BCUT2D eigenvalue weighted by Crippen LogP contribution is -2.34. The first kappa shape index (κ1) is 14.2. The highest BCUT2D eigenvalue weighted by molar-refractivity contribution is 7.90. The average molecular weight is 300 g/mol. The fourth-order valence-corrected chi connectivity index (χ4v) is 3.25. The van der Waals surface area contributed by atoms with Crippen LogP contribution < -0.4 is 10.5 Å². The summed E-state index contributed by atoms with van der Waals surface area (Å²) >= 11 is 1.47. The van der Waals surface area contributed by atoms with Gasteiger partial charge >= 0.3 is 10.2 Å². The Bertz CT molecular complexity index is 654. The molecule has 2 rings (SSSR count). The summed E-state index contributed by atoms with van der Waals surface area (Å²) in [5, 5.41) is 0. The minimum Gasteiger partial charge on any atom is -0.330 e. The second-order valence-corrected chi connectivity index (χ2v) is 6.77. The molecule has 0 saturated heterocycles. The van der Waals surface area contributed by atoms with Crippen LogP contribution in [0.15, 0.2) is 23.7 Å². The molecule has 1 aromatic heterocycles. The number of benzene rings is 1. The van der Waals surface area contributed by atoms with Crippen molar-refractivity contribution in [3.63, 3.8) is 0 Å². The lowest BCUT2D eigenvalue weighted by molar-refractivity contribution is 0.468. The first-order chi connectivity index (χ1) is 9.03. The van der Waals surface area contributed by atoms with E-state index in [0.29, 0.717) is 25.2 Å². The zero-order valence-electron chi connectivity index (χ0n) is 10.5. The Hall–Kier alpha value is -1.22. The van der Waals surface area contributed by atoms with E-state index in [0.717, 1.165) is 10.2 Å². The van der Waals surface area contributed by atoms with Crippen LogP contribution in [0.1, 0.15) is 6.42 Å². The number of nitrogens with one attached hydrogen (secondary N) is 1. The Morgan fingerprint density at radius 1 is 1.47 bits per heavy atom. The molecule has 0 fully saturated rings. The van der Waals surface area contributed by atoms with Crippen LogP contribution in [-0.4, -0.2) is 37.8 Å². The maximum absolute atomic E-state index is 12.0. The standard InChI is InChI=1S/C11H16N4O2S2/c1-15(6-2-5-12)19(16,17)14-9-3-4-10-11(7-9)18-8-13-10/h3-4,7-8,14H,2,5-6,12H2,1H3. The molecular weight excluding hydrogens is 284 g/mol. The van der Waals surface area contributed by atoms with Crippen molar-refractivity contribution in [2.75, 3.05) is 24.9 Å². The Kier molecular flexibility index (Phi) is 4.35. The highest BCUT2D eigenvalue weighted by Gasteiger charge is 2.17. The second-order valence-electron chi connectivity index (χ2n) is 4.11. The molecule has 6 nitrogen and oxygen atoms in total. The molecule has 0 aliphatic heterocycles. The summed E-state index contributed by atoms with van der Waals surface area (Å²) in [5.41, 5.74) is 8.51. The van der Waals surface area contributed by atoms with Gasteiger partial charge in [-0.25, -0.2) is 4.98 Å². The van der Waals surface area contributed by atoms with Gasteiger partial charge in [0.05, 0.1) is 21.4 Å². The number of fused-ring (bicyclic) bond motifs is 1. The Morgan fingerprint density at radius 3 is 3.00 bits per heavy atom. The minimum absolute atomic E-state index is 0.397. The predicted octanol–water partition coefficient (Wildman–Crippen LogP) is 1.23. The van der Waals surface area contributed by atoms with Crippen molar-refractivity contribution in [1.29, 1.82) is 0 Å². The van der Waals surface area contributed by atoms with Gasteiger partial charge < -0.3 is 5.73 Å². The molecule has 19 heavy (non-hydrogen) atoms. The first-order valence-corrected chi connectivity index (χ1v) is 8.12. The average Bonchev–Trinajstić information content (AvgIpc) is 2.82. The van der Waals surface area contributed by atoms with E-state index in [1.807, 2.05) is 0 Å². The number of nitrogens with zero attached hydrogens (tertiary/aromatic N) is 2. The number of hydrogen-bond donors (Lipinski definition) is 2. The van der Waals surface area contributed by atoms with Gasteiger partial charge in [-0.15, -0.1) is 11.3 Å². The molecule has 0 amide bonds. The lowest BCUT2D eigenvalue weighted by atomic mass is 10.3. The summed E-state index contributed by atoms with van der Waals surface area (Å²) in [6.45, 7) is 0.862. The third-order valence-corrected chi connectivity index (χ3v) is 4.95. The number of anilines is 1. The predicted molar refractivity (Wildman–Crippen MR) is 78.5 cm³/mol. The van der Waals surface area contributed by atoms with Gasteiger partial charge in [0.15, 0.2) is 0 Å². The summed E-state index contributed by atoms with van der Waals surface area (Å²) in [6.07, 6.45) is 0.630. The summed E-state index contributed by atoms with van der Waals surface area (Å²) < 4.78 is 28.8. The molecule has 0 atom stereocenters. The number of aromatic nitrogens is 1. The van der Waals surface area contributed by atoms with Gasteiger partial charge in [-0.2, -0.15) is 12.7 Å². The van der Waals surface area contributed by atoms with Crippen LogP contribution >= 0.6 is 11.3 Å². The second kappa shape index (κ2) is 5.83. The maximum Gasteiger partial charge on any atom is 0.301 e.